The van der Waals surface area contributed by atoms with E-state index in [0.717, 1.165) is 22.5 Å². The predicted molar refractivity (Wildman–Crippen MR) is 87.7 cm³/mol. The molecule has 2 aromatic heterocycles. The Labute approximate surface area is 128 Å². The van der Waals surface area contributed by atoms with E-state index in [-0.39, 0.29) is 0 Å². The largest absolute Gasteiger partial charge is 0.265 e. The molecule has 108 valence electrons. The first kappa shape index (κ1) is 13.9. The van der Waals surface area contributed by atoms with Gasteiger partial charge < -0.3 is 0 Å². The van der Waals surface area contributed by atoms with Gasteiger partial charge in [-0.15, -0.1) is 0 Å². The average molecular weight is 289 g/mol. The van der Waals surface area contributed by atoms with Crippen LogP contribution in [0.4, 0.5) is 5.95 Å². The van der Waals surface area contributed by atoms with Crippen molar-refractivity contribution in [3.05, 3.63) is 72.2 Å². The summed E-state index contributed by atoms with van der Waals surface area (Å²) in [4.78, 5) is 12.8. The van der Waals surface area contributed by atoms with E-state index in [4.69, 9.17) is 0 Å². The molecule has 1 N–H and O–H groups in total. The molecule has 0 aliphatic rings. The van der Waals surface area contributed by atoms with Crippen LogP contribution in [0.2, 0.25) is 0 Å². The number of rotatable bonds is 4. The maximum Gasteiger partial charge on any atom is 0.244 e. The molecule has 0 unspecified atom stereocenters. The number of hydrogen-bond acceptors (Lipinski definition) is 5. The van der Waals surface area contributed by atoms with E-state index in [9.17, 15) is 0 Å². The number of aryl methyl sites for hydroxylation is 1. The smallest absolute Gasteiger partial charge is 0.244 e. The van der Waals surface area contributed by atoms with Crippen molar-refractivity contribution in [1.29, 1.82) is 0 Å². The number of hydrogen-bond donors (Lipinski definition) is 1. The van der Waals surface area contributed by atoms with Gasteiger partial charge in [0.25, 0.3) is 0 Å². The molecule has 3 rings (SSSR count). The summed E-state index contributed by atoms with van der Waals surface area (Å²) < 4.78 is 0. The molecule has 5 nitrogen and oxygen atoms in total. The molecule has 0 radical (unpaired) electrons. The maximum absolute atomic E-state index is 4.49. The van der Waals surface area contributed by atoms with Crippen molar-refractivity contribution in [3.8, 4) is 11.3 Å². The summed E-state index contributed by atoms with van der Waals surface area (Å²) >= 11 is 0. The minimum absolute atomic E-state index is 0.476. The van der Waals surface area contributed by atoms with Crippen LogP contribution in [-0.2, 0) is 0 Å². The van der Waals surface area contributed by atoms with Gasteiger partial charge in [0, 0.05) is 23.7 Å². The third kappa shape index (κ3) is 3.52. The van der Waals surface area contributed by atoms with Crippen molar-refractivity contribution in [2.75, 3.05) is 5.43 Å². The summed E-state index contributed by atoms with van der Waals surface area (Å²) in [5, 5.41) is 4.16. The molecule has 22 heavy (non-hydrogen) atoms. The highest BCUT2D eigenvalue weighted by molar-refractivity contribution is 5.79. The second-order valence-corrected chi connectivity index (χ2v) is 4.73. The number of hydrazone groups is 1. The molecule has 0 saturated heterocycles. The van der Waals surface area contributed by atoms with Crippen LogP contribution >= 0.6 is 0 Å². The zero-order chi connectivity index (χ0) is 15.2. The molecule has 0 amide bonds. The average Bonchev–Trinajstić information content (AvgIpc) is 2.56. The summed E-state index contributed by atoms with van der Waals surface area (Å²) in [6, 6.07) is 15.7. The Kier molecular flexibility index (Phi) is 4.15. The molecule has 0 fully saturated rings. The third-order valence-electron chi connectivity index (χ3n) is 3.01. The molecule has 0 aliphatic carbocycles. The Morgan fingerprint density at radius 1 is 1.00 bits per heavy atom. The van der Waals surface area contributed by atoms with E-state index in [2.05, 4.69) is 25.5 Å². The van der Waals surface area contributed by atoms with E-state index in [0.29, 0.717) is 5.95 Å². The van der Waals surface area contributed by atoms with Crippen LogP contribution in [0.25, 0.3) is 11.3 Å². The van der Waals surface area contributed by atoms with Crippen molar-refractivity contribution >= 4 is 12.2 Å². The molecule has 0 aliphatic heterocycles. The number of aromatic nitrogens is 3. The zero-order valence-corrected chi connectivity index (χ0v) is 12.1. The lowest BCUT2D eigenvalue weighted by Gasteiger charge is -2.05. The molecular formula is C17H15N5. The highest BCUT2D eigenvalue weighted by Crippen LogP contribution is 2.18. The lowest BCUT2D eigenvalue weighted by molar-refractivity contribution is 1.08. The van der Waals surface area contributed by atoms with Gasteiger partial charge in [-0.1, -0.05) is 30.3 Å². The fourth-order valence-electron chi connectivity index (χ4n) is 1.99. The van der Waals surface area contributed by atoms with Crippen molar-refractivity contribution in [1.82, 2.24) is 15.0 Å². The number of benzene rings is 1. The quantitative estimate of drug-likeness (QED) is 0.591. The minimum Gasteiger partial charge on any atom is -0.265 e. The Bertz CT molecular complexity index is 770. The van der Waals surface area contributed by atoms with Crippen molar-refractivity contribution in [3.63, 3.8) is 0 Å². The molecule has 0 atom stereocenters. The summed E-state index contributed by atoms with van der Waals surface area (Å²) in [5.74, 6) is 0.476. The highest BCUT2D eigenvalue weighted by atomic mass is 15.3. The molecule has 5 heteroatoms. The third-order valence-corrected chi connectivity index (χ3v) is 3.01. The highest BCUT2D eigenvalue weighted by Gasteiger charge is 2.03. The summed E-state index contributed by atoms with van der Waals surface area (Å²) in [7, 11) is 0. The van der Waals surface area contributed by atoms with Crippen LogP contribution in [0.5, 0.6) is 0 Å². The number of pyridine rings is 1. The molecule has 3 aromatic rings. The molecule has 0 saturated carbocycles. The van der Waals surface area contributed by atoms with E-state index < -0.39 is 0 Å². The van der Waals surface area contributed by atoms with Gasteiger partial charge in [-0.2, -0.15) is 5.10 Å². The maximum atomic E-state index is 4.49. The van der Waals surface area contributed by atoms with Crippen molar-refractivity contribution in [2.24, 2.45) is 5.10 Å². The van der Waals surface area contributed by atoms with E-state index in [1.54, 1.807) is 18.6 Å². The standard InChI is InChI=1S/C17H15N5/c1-13-11-16(15-5-3-2-4-6-15)21-17(20-13)22-19-12-14-7-9-18-10-8-14/h2-12H,1H3,(H,20,21,22)/b19-12-. The first-order chi connectivity index (χ1) is 10.8. The van der Waals surface area contributed by atoms with Crippen molar-refractivity contribution in [2.45, 2.75) is 6.92 Å². The Balaban J connectivity index is 1.80. The first-order valence-corrected chi connectivity index (χ1v) is 6.91. The topological polar surface area (TPSA) is 63.1 Å². The summed E-state index contributed by atoms with van der Waals surface area (Å²) in [6.45, 7) is 1.94. The molecule has 2 heterocycles. The lowest BCUT2D eigenvalue weighted by Crippen LogP contribution is -2.00. The van der Waals surface area contributed by atoms with Crippen molar-refractivity contribution < 1.29 is 0 Å². The minimum atomic E-state index is 0.476. The normalized spacial score (nSPS) is 10.8. The van der Waals surface area contributed by atoms with Crippen LogP contribution in [0.15, 0.2) is 66.0 Å². The fraction of sp³-hybridized carbons (Fsp3) is 0.0588. The van der Waals surface area contributed by atoms with E-state index in [1.165, 1.54) is 0 Å². The van der Waals surface area contributed by atoms with Gasteiger partial charge in [-0.05, 0) is 30.7 Å². The summed E-state index contributed by atoms with van der Waals surface area (Å²) in [5.41, 5.74) is 6.63. The van der Waals surface area contributed by atoms with Gasteiger partial charge in [0.15, 0.2) is 0 Å². The molecular weight excluding hydrogens is 274 g/mol. The van der Waals surface area contributed by atoms with Crippen LogP contribution < -0.4 is 5.43 Å². The van der Waals surface area contributed by atoms with Crippen LogP contribution in [0, 0.1) is 6.92 Å². The fourth-order valence-corrected chi connectivity index (χ4v) is 1.99. The number of anilines is 1. The van der Waals surface area contributed by atoms with Gasteiger partial charge in [-0.3, -0.25) is 4.98 Å². The van der Waals surface area contributed by atoms with Crippen LogP contribution in [0.3, 0.4) is 0 Å². The second kappa shape index (κ2) is 6.58. The first-order valence-electron chi connectivity index (χ1n) is 6.91. The van der Waals surface area contributed by atoms with Gasteiger partial charge in [-0.25, -0.2) is 15.4 Å². The Hall–Kier alpha value is -3.08. The molecule has 0 bridgehead atoms. The number of nitrogens with zero attached hydrogens (tertiary/aromatic N) is 4. The van der Waals surface area contributed by atoms with Gasteiger partial charge in [0.2, 0.25) is 5.95 Å². The van der Waals surface area contributed by atoms with E-state index >= 15 is 0 Å². The predicted octanol–water partition coefficient (Wildman–Crippen LogP) is 3.29. The molecule has 0 spiro atoms. The Morgan fingerprint density at radius 3 is 2.55 bits per heavy atom. The monoisotopic (exact) mass is 289 g/mol. The van der Waals surface area contributed by atoms with Gasteiger partial charge in [0.1, 0.15) is 0 Å². The summed E-state index contributed by atoms with van der Waals surface area (Å²) in [6.07, 6.45) is 5.14. The zero-order valence-electron chi connectivity index (χ0n) is 12.1. The van der Waals surface area contributed by atoms with Crippen LogP contribution in [0.1, 0.15) is 11.3 Å². The SMILES string of the molecule is Cc1cc(-c2ccccc2)nc(N/N=C\c2ccncc2)n1. The lowest BCUT2D eigenvalue weighted by atomic mass is 10.1. The van der Waals surface area contributed by atoms with E-state index in [1.807, 2.05) is 55.5 Å². The number of nitrogens with one attached hydrogen (secondary N) is 1. The van der Waals surface area contributed by atoms with Crippen LogP contribution in [-0.4, -0.2) is 21.2 Å². The Morgan fingerprint density at radius 2 is 1.77 bits per heavy atom. The second-order valence-electron chi connectivity index (χ2n) is 4.73. The van der Waals surface area contributed by atoms with Gasteiger partial charge in [0.05, 0.1) is 11.9 Å². The molecule has 1 aromatic carbocycles. The van der Waals surface area contributed by atoms with Gasteiger partial charge >= 0.3 is 0 Å².